The van der Waals surface area contributed by atoms with E-state index in [2.05, 4.69) is 20.9 Å². The first kappa shape index (κ1) is 25.6. The van der Waals surface area contributed by atoms with Gasteiger partial charge < -0.3 is 25.8 Å². The molecule has 1 fully saturated rings. The molecule has 2 rings (SSSR count). The van der Waals surface area contributed by atoms with Gasteiger partial charge in [-0.25, -0.2) is 0 Å². The number of aliphatic hydroxyl groups excluding tert-OH is 1. The van der Waals surface area contributed by atoms with Crippen molar-refractivity contribution in [1.29, 1.82) is 0 Å². The van der Waals surface area contributed by atoms with Crippen LogP contribution in [0.2, 0.25) is 0 Å². The number of aliphatic imine (C=N–C) groups is 1. The van der Waals surface area contributed by atoms with E-state index in [0.717, 1.165) is 37.1 Å². The van der Waals surface area contributed by atoms with Crippen LogP contribution in [0.3, 0.4) is 0 Å². The minimum Gasteiger partial charge on any atom is -0.396 e. The molecule has 0 bridgehead atoms. The lowest BCUT2D eigenvalue weighted by molar-refractivity contribution is -0.119. The zero-order valence-electron chi connectivity index (χ0n) is 17.7. The molecule has 1 aromatic carbocycles. The third kappa shape index (κ3) is 8.10. The number of carbonyl (C=O) groups excluding carboxylic acids is 1. The summed E-state index contributed by atoms with van der Waals surface area (Å²) in [5.74, 6) is 0.743. The predicted octanol–water partition coefficient (Wildman–Crippen LogP) is 2.74. The third-order valence-corrected chi connectivity index (χ3v) is 5.40. The number of guanidine groups is 1. The quantitative estimate of drug-likeness (QED) is 0.229. The summed E-state index contributed by atoms with van der Waals surface area (Å²) in [5.41, 5.74) is 1.82. The molecule has 0 saturated carbocycles. The second-order valence-electron chi connectivity index (χ2n) is 7.55. The van der Waals surface area contributed by atoms with Crippen molar-refractivity contribution in [3.8, 4) is 0 Å². The summed E-state index contributed by atoms with van der Waals surface area (Å²) >= 11 is 0. The highest BCUT2D eigenvalue weighted by Crippen LogP contribution is 2.31. The van der Waals surface area contributed by atoms with E-state index in [1.165, 1.54) is 0 Å². The maximum Gasteiger partial charge on any atom is 0.227 e. The molecule has 29 heavy (non-hydrogen) atoms. The average molecular weight is 518 g/mol. The molecule has 4 N–H and O–H groups in total. The summed E-state index contributed by atoms with van der Waals surface area (Å²) in [6.45, 7) is 6.79. The molecular formula is C21H35IN4O3. The van der Waals surface area contributed by atoms with E-state index in [0.29, 0.717) is 25.7 Å². The Bertz CT molecular complexity index is 663. The van der Waals surface area contributed by atoms with Crippen LogP contribution in [-0.4, -0.2) is 50.4 Å². The molecule has 8 heteroatoms. The van der Waals surface area contributed by atoms with Crippen molar-refractivity contribution in [1.82, 2.24) is 10.6 Å². The molecule has 1 aromatic rings. The van der Waals surface area contributed by atoms with Crippen LogP contribution in [0.25, 0.3) is 0 Å². The van der Waals surface area contributed by atoms with Crippen LogP contribution < -0.4 is 16.0 Å². The van der Waals surface area contributed by atoms with Crippen LogP contribution >= 0.6 is 24.0 Å². The molecule has 0 aliphatic carbocycles. The zero-order chi connectivity index (χ0) is 20.4. The Balaban J connectivity index is 0.00000420. The van der Waals surface area contributed by atoms with Gasteiger partial charge in [-0.15, -0.1) is 24.0 Å². The van der Waals surface area contributed by atoms with Crippen molar-refractivity contribution in [2.45, 2.75) is 39.7 Å². The summed E-state index contributed by atoms with van der Waals surface area (Å²) in [5, 5.41) is 19.0. The number of anilines is 1. The van der Waals surface area contributed by atoms with Crippen LogP contribution in [0.5, 0.6) is 0 Å². The van der Waals surface area contributed by atoms with Gasteiger partial charge in [0.2, 0.25) is 5.91 Å². The van der Waals surface area contributed by atoms with E-state index in [1.807, 2.05) is 38.1 Å². The summed E-state index contributed by atoms with van der Waals surface area (Å²) in [4.78, 5) is 16.4. The van der Waals surface area contributed by atoms with Crippen LogP contribution in [0.15, 0.2) is 29.3 Å². The van der Waals surface area contributed by atoms with Gasteiger partial charge in [0, 0.05) is 50.4 Å². The number of rotatable bonds is 9. The maximum atomic E-state index is 12.1. The van der Waals surface area contributed by atoms with E-state index < -0.39 is 0 Å². The number of halogens is 1. The van der Waals surface area contributed by atoms with E-state index in [9.17, 15) is 9.90 Å². The Morgan fingerprint density at radius 2 is 2.17 bits per heavy atom. The second kappa shape index (κ2) is 13.0. The number of hydrogen-bond acceptors (Lipinski definition) is 4. The van der Waals surface area contributed by atoms with Crippen LogP contribution in [0, 0.1) is 11.3 Å². The van der Waals surface area contributed by atoms with Crippen LogP contribution in [0.1, 0.15) is 38.7 Å². The molecule has 1 amide bonds. The van der Waals surface area contributed by atoms with Gasteiger partial charge in [-0.1, -0.05) is 26.0 Å². The lowest BCUT2D eigenvalue weighted by atomic mass is 9.84. The Hall–Kier alpha value is -1.39. The monoisotopic (exact) mass is 518 g/mol. The predicted molar refractivity (Wildman–Crippen MR) is 128 cm³/mol. The summed E-state index contributed by atoms with van der Waals surface area (Å²) in [6.07, 6.45) is 2.47. The Morgan fingerprint density at radius 3 is 2.79 bits per heavy atom. The smallest absolute Gasteiger partial charge is 0.227 e. The SMILES string of the molecule is CCC(C)C(=O)Nc1cccc(CNC(=NC)NCC2(CCO)CCOC2)c1.I. The number of benzene rings is 1. The fourth-order valence-corrected chi connectivity index (χ4v) is 3.20. The maximum absolute atomic E-state index is 12.1. The van der Waals surface area contributed by atoms with Gasteiger partial charge in [0.05, 0.1) is 6.61 Å². The van der Waals surface area contributed by atoms with Gasteiger partial charge in [0.1, 0.15) is 0 Å². The normalized spacial score (nSPS) is 19.9. The molecule has 0 radical (unpaired) electrons. The van der Waals surface area contributed by atoms with Gasteiger partial charge in [-0.2, -0.15) is 0 Å². The van der Waals surface area contributed by atoms with Crippen molar-refractivity contribution >= 4 is 41.5 Å². The third-order valence-electron chi connectivity index (χ3n) is 5.40. The number of hydrogen-bond donors (Lipinski definition) is 4. The Labute approximate surface area is 191 Å². The largest absolute Gasteiger partial charge is 0.396 e. The Kier molecular flexibility index (Phi) is 11.5. The highest BCUT2D eigenvalue weighted by atomic mass is 127. The fraction of sp³-hybridized carbons (Fsp3) is 0.619. The summed E-state index contributed by atoms with van der Waals surface area (Å²) in [7, 11) is 1.74. The first-order chi connectivity index (χ1) is 13.5. The number of carbonyl (C=O) groups is 1. The van der Waals surface area contributed by atoms with E-state index in [4.69, 9.17) is 4.74 Å². The number of aliphatic hydroxyl groups is 1. The molecular weight excluding hydrogens is 483 g/mol. The molecule has 1 heterocycles. The lowest BCUT2D eigenvalue weighted by Gasteiger charge is -2.27. The van der Waals surface area contributed by atoms with Gasteiger partial charge >= 0.3 is 0 Å². The number of nitrogens with one attached hydrogen (secondary N) is 3. The van der Waals surface area contributed by atoms with Crippen molar-refractivity contribution < 1.29 is 14.6 Å². The Morgan fingerprint density at radius 1 is 1.38 bits per heavy atom. The van der Waals surface area contributed by atoms with Crippen molar-refractivity contribution in [2.24, 2.45) is 16.3 Å². The molecule has 1 saturated heterocycles. The average Bonchev–Trinajstić information content (AvgIpc) is 3.16. The minimum atomic E-state index is -0.0352. The van der Waals surface area contributed by atoms with Gasteiger partial charge in [-0.3, -0.25) is 9.79 Å². The number of amides is 1. The van der Waals surface area contributed by atoms with Gasteiger partial charge in [-0.05, 0) is 37.0 Å². The zero-order valence-corrected chi connectivity index (χ0v) is 20.0. The highest BCUT2D eigenvalue weighted by Gasteiger charge is 2.34. The van der Waals surface area contributed by atoms with Gasteiger partial charge in [0.15, 0.2) is 5.96 Å². The molecule has 7 nitrogen and oxygen atoms in total. The van der Waals surface area contributed by atoms with E-state index in [-0.39, 0.29) is 47.8 Å². The second-order valence-corrected chi connectivity index (χ2v) is 7.55. The molecule has 1 aliphatic heterocycles. The minimum absolute atomic E-state index is 0. The molecule has 0 spiro atoms. The van der Waals surface area contributed by atoms with Crippen molar-refractivity contribution in [2.75, 3.05) is 38.7 Å². The fourth-order valence-electron chi connectivity index (χ4n) is 3.20. The first-order valence-corrected chi connectivity index (χ1v) is 10.0. The molecule has 164 valence electrons. The molecule has 2 unspecified atom stereocenters. The summed E-state index contributed by atoms with van der Waals surface area (Å²) in [6, 6.07) is 7.82. The molecule has 1 aliphatic rings. The standard InChI is InChI=1S/C21H34N4O3.HI/c1-4-16(2)19(27)25-18-7-5-6-17(12-18)13-23-20(22-3)24-14-21(8-10-26)9-11-28-15-21;/h5-7,12,16,26H,4,8-11,13-15H2,1-3H3,(H,25,27)(H2,22,23,24);1H. The van der Waals surface area contributed by atoms with Crippen molar-refractivity contribution in [3.05, 3.63) is 29.8 Å². The van der Waals surface area contributed by atoms with Crippen molar-refractivity contribution in [3.63, 3.8) is 0 Å². The summed E-state index contributed by atoms with van der Waals surface area (Å²) < 4.78 is 5.53. The van der Waals surface area contributed by atoms with Gasteiger partial charge in [0.25, 0.3) is 0 Å². The first-order valence-electron chi connectivity index (χ1n) is 10.0. The lowest BCUT2D eigenvalue weighted by Crippen LogP contribution is -2.44. The van der Waals surface area contributed by atoms with E-state index >= 15 is 0 Å². The number of ether oxygens (including phenoxy) is 1. The van der Waals surface area contributed by atoms with Crippen LogP contribution in [-0.2, 0) is 16.1 Å². The topological polar surface area (TPSA) is 95.0 Å². The van der Waals surface area contributed by atoms with Crippen LogP contribution in [0.4, 0.5) is 5.69 Å². The van der Waals surface area contributed by atoms with E-state index in [1.54, 1.807) is 7.05 Å². The highest BCUT2D eigenvalue weighted by molar-refractivity contribution is 14.0. The number of nitrogens with zero attached hydrogens (tertiary/aromatic N) is 1. The molecule has 0 aromatic heterocycles. The molecule has 2 atom stereocenters.